The smallest absolute Gasteiger partial charge is 0.227 e. The van der Waals surface area contributed by atoms with E-state index in [1.807, 2.05) is 24.3 Å². The number of carbonyl (C=O) groups excluding carboxylic acids is 1. The zero-order valence-electron chi connectivity index (χ0n) is 14.6. The van der Waals surface area contributed by atoms with E-state index in [0.717, 1.165) is 11.6 Å². The van der Waals surface area contributed by atoms with Gasteiger partial charge in [-0.1, -0.05) is 18.2 Å². The van der Waals surface area contributed by atoms with Gasteiger partial charge in [-0.25, -0.2) is 8.78 Å². The van der Waals surface area contributed by atoms with E-state index < -0.39 is 11.6 Å². The molecule has 0 saturated carbocycles. The van der Waals surface area contributed by atoms with Crippen molar-refractivity contribution in [1.82, 2.24) is 4.90 Å². The summed E-state index contributed by atoms with van der Waals surface area (Å²) in [5, 5.41) is -0.144. The van der Waals surface area contributed by atoms with Crippen LogP contribution in [0.1, 0.15) is 22.8 Å². The van der Waals surface area contributed by atoms with Gasteiger partial charge in [0, 0.05) is 35.2 Å². The van der Waals surface area contributed by atoms with Gasteiger partial charge >= 0.3 is 0 Å². The molecular formula is C20H21F2NO2S. The lowest BCUT2D eigenvalue weighted by molar-refractivity contribution is -0.130. The maximum Gasteiger partial charge on any atom is 0.227 e. The number of rotatable bonds is 4. The van der Waals surface area contributed by atoms with Crippen molar-refractivity contribution >= 4 is 17.7 Å². The number of methoxy groups -OCH3 is 1. The Hall–Kier alpha value is -2.08. The standard InChI is InChI=1S/C20H21F2NO2S/c1-25-18-5-3-2-4-14(18)12-20(24)23-9-8-19(26-11-10-23)16-13-15(21)6-7-17(16)22/h2-7,13,19H,8-12H2,1H3. The maximum atomic E-state index is 14.0. The Labute approximate surface area is 156 Å². The van der Waals surface area contributed by atoms with Crippen LogP contribution in [0.15, 0.2) is 42.5 Å². The van der Waals surface area contributed by atoms with Gasteiger partial charge < -0.3 is 9.64 Å². The lowest BCUT2D eigenvalue weighted by Crippen LogP contribution is -2.34. The van der Waals surface area contributed by atoms with Crippen molar-refractivity contribution < 1.29 is 18.3 Å². The van der Waals surface area contributed by atoms with Gasteiger partial charge in [0.2, 0.25) is 5.91 Å². The summed E-state index contributed by atoms with van der Waals surface area (Å²) in [5.41, 5.74) is 1.23. The summed E-state index contributed by atoms with van der Waals surface area (Å²) in [6.07, 6.45) is 0.871. The third kappa shape index (κ3) is 4.36. The number of benzene rings is 2. The summed E-state index contributed by atoms with van der Waals surface area (Å²) in [4.78, 5) is 14.5. The van der Waals surface area contributed by atoms with Crippen LogP contribution in [0, 0.1) is 11.6 Å². The van der Waals surface area contributed by atoms with Crippen molar-refractivity contribution in [3.8, 4) is 5.75 Å². The molecule has 138 valence electrons. The molecule has 1 aliphatic rings. The highest BCUT2D eigenvalue weighted by Gasteiger charge is 2.24. The highest BCUT2D eigenvalue weighted by molar-refractivity contribution is 7.99. The minimum Gasteiger partial charge on any atom is -0.496 e. The van der Waals surface area contributed by atoms with Crippen LogP contribution < -0.4 is 4.74 Å². The lowest BCUT2D eigenvalue weighted by Gasteiger charge is -2.21. The van der Waals surface area contributed by atoms with Crippen LogP contribution in [-0.2, 0) is 11.2 Å². The van der Waals surface area contributed by atoms with Crippen molar-refractivity contribution in [3.63, 3.8) is 0 Å². The van der Waals surface area contributed by atoms with Gasteiger partial charge in [0.05, 0.1) is 13.5 Å². The monoisotopic (exact) mass is 377 g/mol. The third-order valence-corrected chi connectivity index (χ3v) is 5.84. The molecule has 1 aliphatic heterocycles. The quantitative estimate of drug-likeness (QED) is 0.799. The van der Waals surface area contributed by atoms with E-state index in [-0.39, 0.29) is 17.6 Å². The van der Waals surface area contributed by atoms with Crippen LogP contribution in [-0.4, -0.2) is 36.8 Å². The van der Waals surface area contributed by atoms with E-state index in [2.05, 4.69) is 0 Å². The molecule has 0 radical (unpaired) electrons. The molecule has 2 aromatic carbocycles. The fourth-order valence-electron chi connectivity index (χ4n) is 3.15. The Morgan fingerprint density at radius 3 is 2.85 bits per heavy atom. The summed E-state index contributed by atoms with van der Waals surface area (Å²) in [6, 6.07) is 11.0. The first-order valence-corrected chi connectivity index (χ1v) is 9.59. The first-order chi connectivity index (χ1) is 12.6. The lowest BCUT2D eigenvalue weighted by atomic mass is 10.1. The fourth-order valence-corrected chi connectivity index (χ4v) is 4.40. The number of carbonyl (C=O) groups is 1. The van der Waals surface area contributed by atoms with E-state index in [1.54, 1.807) is 23.8 Å². The molecule has 1 fully saturated rings. The minimum absolute atomic E-state index is 0.0236. The van der Waals surface area contributed by atoms with Crippen LogP contribution in [0.25, 0.3) is 0 Å². The van der Waals surface area contributed by atoms with Gasteiger partial charge in [0.25, 0.3) is 0 Å². The van der Waals surface area contributed by atoms with Crippen molar-refractivity contribution in [3.05, 3.63) is 65.2 Å². The predicted octanol–water partition coefficient (Wildman–Crippen LogP) is 4.22. The van der Waals surface area contributed by atoms with Gasteiger partial charge in [-0.3, -0.25) is 4.79 Å². The van der Waals surface area contributed by atoms with Gasteiger partial charge in [-0.2, -0.15) is 11.8 Å². The molecule has 0 N–H and O–H groups in total. The third-order valence-electron chi connectivity index (χ3n) is 4.53. The second-order valence-electron chi connectivity index (χ2n) is 6.18. The summed E-state index contributed by atoms with van der Waals surface area (Å²) >= 11 is 1.57. The number of hydrogen-bond acceptors (Lipinski definition) is 3. The molecule has 1 saturated heterocycles. The average molecular weight is 377 g/mol. The van der Waals surface area contributed by atoms with Gasteiger partial charge in [0.15, 0.2) is 0 Å². The summed E-state index contributed by atoms with van der Waals surface area (Å²) in [5.74, 6) is 0.589. The largest absolute Gasteiger partial charge is 0.496 e. The SMILES string of the molecule is COc1ccccc1CC(=O)N1CCSC(c2cc(F)ccc2F)CC1. The molecule has 1 unspecified atom stereocenters. The average Bonchev–Trinajstić information content (AvgIpc) is 2.90. The number of thioether (sulfide) groups is 1. The Morgan fingerprint density at radius 2 is 2.04 bits per heavy atom. The van der Waals surface area contributed by atoms with Crippen LogP contribution in [0.5, 0.6) is 5.75 Å². The topological polar surface area (TPSA) is 29.5 Å². The predicted molar refractivity (Wildman–Crippen MR) is 99.5 cm³/mol. The van der Waals surface area contributed by atoms with Gasteiger partial charge in [0.1, 0.15) is 17.4 Å². The number of amides is 1. The first kappa shape index (κ1) is 18.7. The van der Waals surface area contributed by atoms with Crippen molar-refractivity contribution in [2.45, 2.75) is 18.1 Å². The van der Waals surface area contributed by atoms with E-state index >= 15 is 0 Å². The van der Waals surface area contributed by atoms with Crippen LogP contribution in [0.3, 0.4) is 0 Å². The molecule has 0 spiro atoms. The normalized spacial score (nSPS) is 17.7. The van der Waals surface area contributed by atoms with Gasteiger partial charge in [-0.15, -0.1) is 0 Å². The van der Waals surface area contributed by atoms with Crippen molar-refractivity contribution in [2.24, 2.45) is 0 Å². The molecule has 3 rings (SSSR count). The van der Waals surface area contributed by atoms with Crippen molar-refractivity contribution in [2.75, 3.05) is 26.0 Å². The Bertz CT molecular complexity index is 784. The summed E-state index contributed by atoms with van der Waals surface area (Å²) in [7, 11) is 1.59. The molecule has 3 nitrogen and oxygen atoms in total. The van der Waals surface area contributed by atoms with E-state index in [1.165, 1.54) is 12.1 Å². The summed E-state index contributed by atoms with van der Waals surface area (Å²) in [6.45, 7) is 1.13. The van der Waals surface area contributed by atoms with Gasteiger partial charge in [-0.05, 0) is 30.7 Å². The second kappa shape index (κ2) is 8.54. The fraction of sp³-hybridized carbons (Fsp3) is 0.350. The number of hydrogen-bond donors (Lipinski definition) is 0. The molecular weight excluding hydrogens is 356 g/mol. The molecule has 6 heteroatoms. The minimum atomic E-state index is -0.435. The Kier molecular flexibility index (Phi) is 6.14. The second-order valence-corrected chi connectivity index (χ2v) is 7.49. The highest BCUT2D eigenvalue weighted by atomic mass is 32.2. The molecule has 2 aromatic rings. The molecule has 1 atom stereocenters. The molecule has 26 heavy (non-hydrogen) atoms. The van der Waals surface area contributed by atoms with E-state index in [9.17, 15) is 13.6 Å². The molecule has 0 aliphatic carbocycles. The Morgan fingerprint density at radius 1 is 1.23 bits per heavy atom. The zero-order chi connectivity index (χ0) is 18.5. The van der Waals surface area contributed by atoms with Crippen LogP contribution in [0.4, 0.5) is 8.78 Å². The number of para-hydroxylation sites is 1. The molecule has 0 bridgehead atoms. The Balaban J connectivity index is 1.66. The highest BCUT2D eigenvalue weighted by Crippen LogP contribution is 2.36. The van der Waals surface area contributed by atoms with E-state index in [0.29, 0.717) is 36.6 Å². The number of ether oxygens (including phenoxy) is 1. The van der Waals surface area contributed by atoms with E-state index in [4.69, 9.17) is 4.74 Å². The zero-order valence-corrected chi connectivity index (χ0v) is 15.4. The number of nitrogens with zero attached hydrogens (tertiary/aromatic N) is 1. The summed E-state index contributed by atoms with van der Waals surface area (Å²) < 4.78 is 32.8. The number of halogens is 2. The maximum absolute atomic E-state index is 14.0. The van der Waals surface area contributed by atoms with Crippen LogP contribution in [0.2, 0.25) is 0 Å². The molecule has 1 heterocycles. The first-order valence-electron chi connectivity index (χ1n) is 8.54. The molecule has 0 aromatic heterocycles. The van der Waals surface area contributed by atoms with Crippen LogP contribution >= 0.6 is 11.8 Å². The molecule has 1 amide bonds. The van der Waals surface area contributed by atoms with Crippen molar-refractivity contribution in [1.29, 1.82) is 0 Å².